The highest BCUT2D eigenvalue weighted by Crippen LogP contribution is 2.40. The zero-order chi connectivity index (χ0) is 25.2. The van der Waals surface area contributed by atoms with Crippen molar-refractivity contribution in [1.29, 1.82) is 0 Å². The van der Waals surface area contributed by atoms with E-state index in [4.69, 9.17) is 13.9 Å². The number of fused-ring (bicyclic) bond motifs is 1. The Balaban J connectivity index is 1.46. The molecule has 2 aliphatic heterocycles. The van der Waals surface area contributed by atoms with Crippen molar-refractivity contribution in [2.45, 2.75) is 19.4 Å². The lowest BCUT2D eigenvalue weighted by atomic mass is 9.94. The predicted molar refractivity (Wildman–Crippen MR) is 134 cm³/mol. The number of carbonyl (C=O) groups is 2. The minimum absolute atomic E-state index is 0.0354. The monoisotopic (exact) mass is 490 g/mol. The van der Waals surface area contributed by atoms with Crippen LogP contribution in [0.5, 0.6) is 5.75 Å². The summed E-state index contributed by atoms with van der Waals surface area (Å²) in [5.41, 5.74) is 2.31. The van der Waals surface area contributed by atoms with Gasteiger partial charge in [-0.05, 0) is 31.0 Å². The summed E-state index contributed by atoms with van der Waals surface area (Å²) in [6.45, 7) is 6.32. The van der Waals surface area contributed by atoms with Crippen LogP contribution in [-0.2, 0) is 9.53 Å². The molecule has 3 aromatic rings. The maximum absolute atomic E-state index is 13.7. The standard InChI is InChI=1S/C28H30N2O6/c1-18-7-9-19(10-8-18)24-23(25(31)22-17-20-5-3-6-21(34-2)27(20)36-22)26(32)28(33)30(24)12-4-11-29-13-15-35-16-14-29/h3,5-10,17,24,32H,4,11-16H2,1-2H3/t24-/m0/s1. The molecule has 5 rings (SSSR count). The number of aliphatic hydroxyl groups is 1. The van der Waals surface area contributed by atoms with Crippen LogP contribution in [0.25, 0.3) is 11.0 Å². The van der Waals surface area contributed by atoms with E-state index in [1.54, 1.807) is 17.0 Å². The summed E-state index contributed by atoms with van der Waals surface area (Å²) in [5, 5.41) is 11.6. The third kappa shape index (κ3) is 4.50. The summed E-state index contributed by atoms with van der Waals surface area (Å²) in [5.74, 6) is -1.02. The predicted octanol–water partition coefficient (Wildman–Crippen LogP) is 4.05. The molecule has 0 unspecified atom stereocenters. The van der Waals surface area contributed by atoms with Crippen LogP contribution >= 0.6 is 0 Å². The fourth-order valence-corrected chi connectivity index (χ4v) is 4.94. The summed E-state index contributed by atoms with van der Waals surface area (Å²) >= 11 is 0. The number of ether oxygens (including phenoxy) is 2. The molecule has 1 saturated heterocycles. The van der Waals surface area contributed by atoms with Gasteiger partial charge in [0.25, 0.3) is 5.91 Å². The van der Waals surface area contributed by atoms with E-state index in [2.05, 4.69) is 4.90 Å². The molecule has 3 heterocycles. The van der Waals surface area contributed by atoms with E-state index in [1.165, 1.54) is 7.11 Å². The normalized spacial score (nSPS) is 18.9. The number of nitrogens with zero attached hydrogens (tertiary/aromatic N) is 2. The first kappa shape index (κ1) is 24.1. The highest BCUT2D eigenvalue weighted by molar-refractivity contribution is 6.16. The molecule has 0 aliphatic carbocycles. The number of rotatable bonds is 8. The summed E-state index contributed by atoms with van der Waals surface area (Å²) in [6.07, 6.45) is 0.713. The molecule has 2 aromatic carbocycles. The molecule has 188 valence electrons. The Hall–Kier alpha value is -3.62. The maximum atomic E-state index is 13.7. The van der Waals surface area contributed by atoms with E-state index >= 15 is 0 Å². The molecule has 8 nitrogen and oxygen atoms in total. The van der Waals surface area contributed by atoms with Crippen molar-refractivity contribution >= 4 is 22.7 Å². The van der Waals surface area contributed by atoms with Gasteiger partial charge in [0, 0.05) is 31.6 Å². The average molecular weight is 491 g/mol. The van der Waals surface area contributed by atoms with Crippen molar-refractivity contribution < 1.29 is 28.6 Å². The lowest BCUT2D eigenvalue weighted by molar-refractivity contribution is -0.129. The third-order valence-corrected chi connectivity index (χ3v) is 6.87. The first-order valence-electron chi connectivity index (χ1n) is 12.2. The number of Topliss-reactive ketones (excluding diaryl/α,β-unsaturated/α-hetero) is 1. The number of aryl methyl sites for hydroxylation is 1. The minimum atomic E-state index is -0.703. The van der Waals surface area contributed by atoms with Crippen LogP contribution in [-0.4, -0.2) is 73.1 Å². The Kier molecular flexibility index (Phi) is 6.80. The van der Waals surface area contributed by atoms with E-state index in [0.717, 1.165) is 30.8 Å². The maximum Gasteiger partial charge on any atom is 0.290 e. The Morgan fingerprint density at radius 2 is 1.86 bits per heavy atom. The molecule has 1 fully saturated rings. The number of ketones is 1. The minimum Gasteiger partial charge on any atom is -0.503 e. The van der Waals surface area contributed by atoms with E-state index in [0.29, 0.717) is 42.9 Å². The number of furan rings is 1. The second-order valence-electron chi connectivity index (χ2n) is 9.20. The Bertz CT molecular complexity index is 1300. The van der Waals surface area contributed by atoms with Crippen molar-refractivity contribution in [2.75, 3.05) is 46.5 Å². The lowest BCUT2D eigenvalue weighted by Gasteiger charge is -2.30. The van der Waals surface area contributed by atoms with Crippen LogP contribution in [0.4, 0.5) is 0 Å². The van der Waals surface area contributed by atoms with Crippen LogP contribution in [0.2, 0.25) is 0 Å². The molecule has 0 radical (unpaired) electrons. The van der Waals surface area contributed by atoms with Crippen LogP contribution in [0, 0.1) is 6.92 Å². The van der Waals surface area contributed by atoms with Gasteiger partial charge in [0.05, 0.1) is 31.9 Å². The van der Waals surface area contributed by atoms with Crippen molar-refractivity contribution in [1.82, 2.24) is 9.80 Å². The number of para-hydroxylation sites is 1. The largest absolute Gasteiger partial charge is 0.503 e. The second-order valence-corrected chi connectivity index (χ2v) is 9.20. The molecule has 1 N–H and O–H groups in total. The summed E-state index contributed by atoms with van der Waals surface area (Å²) < 4.78 is 16.6. The first-order valence-corrected chi connectivity index (χ1v) is 12.2. The molecule has 1 aromatic heterocycles. The molecule has 8 heteroatoms. The summed E-state index contributed by atoms with van der Waals surface area (Å²) in [4.78, 5) is 30.9. The quantitative estimate of drug-likeness (QED) is 0.476. The van der Waals surface area contributed by atoms with Gasteiger partial charge in [-0.1, -0.05) is 42.0 Å². The van der Waals surface area contributed by atoms with E-state index in [-0.39, 0.29) is 11.3 Å². The number of benzene rings is 2. The van der Waals surface area contributed by atoms with Gasteiger partial charge in [-0.15, -0.1) is 0 Å². The summed E-state index contributed by atoms with van der Waals surface area (Å²) in [7, 11) is 1.53. The van der Waals surface area contributed by atoms with Crippen LogP contribution in [0.1, 0.15) is 34.1 Å². The Labute approximate surface area is 209 Å². The van der Waals surface area contributed by atoms with Gasteiger partial charge < -0.3 is 23.9 Å². The van der Waals surface area contributed by atoms with E-state index in [9.17, 15) is 14.7 Å². The highest BCUT2D eigenvalue weighted by atomic mass is 16.5. The molecule has 36 heavy (non-hydrogen) atoms. The molecular formula is C28H30N2O6. The fraction of sp³-hybridized carbons (Fsp3) is 0.357. The number of aliphatic hydroxyl groups excluding tert-OH is 1. The zero-order valence-electron chi connectivity index (χ0n) is 20.5. The van der Waals surface area contributed by atoms with E-state index in [1.807, 2.05) is 43.3 Å². The van der Waals surface area contributed by atoms with Crippen molar-refractivity contribution in [3.05, 3.63) is 76.8 Å². The van der Waals surface area contributed by atoms with Gasteiger partial charge >= 0.3 is 0 Å². The van der Waals surface area contributed by atoms with Gasteiger partial charge in [-0.25, -0.2) is 0 Å². The molecule has 0 spiro atoms. The Morgan fingerprint density at radius 3 is 2.58 bits per heavy atom. The van der Waals surface area contributed by atoms with E-state index < -0.39 is 23.5 Å². The van der Waals surface area contributed by atoms with Crippen LogP contribution < -0.4 is 4.74 Å². The van der Waals surface area contributed by atoms with Gasteiger partial charge in [-0.2, -0.15) is 0 Å². The highest BCUT2D eigenvalue weighted by Gasteiger charge is 2.44. The second kappa shape index (κ2) is 10.2. The van der Waals surface area contributed by atoms with Crippen LogP contribution in [0.15, 0.2) is 64.3 Å². The molecule has 2 aliphatic rings. The van der Waals surface area contributed by atoms with Crippen molar-refractivity contribution in [3.63, 3.8) is 0 Å². The fourth-order valence-electron chi connectivity index (χ4n) is 4.94. The molecule has 0 saturated carbocycles. The lowest BCUT2D eigenvalue weighted by Crippen LogP contribution is -2.39. The number of hydrogen-bond donors (Lipinski definition) is 1. The van der Waals surface area contributed by atoms with Gasteiger partial charge in [0.2, 0.25) is 5.78 Å². The molecule has 1 amide bonds. The van der Waals surface area contributed by atoms with Gasteiger partial charge in [0.1, 0.15) is 0 Å². The summed E-state index contributed by atoms with van der Waals surface area (Å²) in [6, 6.07) is 14.0. The average Bonchev–Trinajstić information content (AvgIpc) is 3.44. The molecule has 1 atom stereocenters. The number of amides is 1. The molecule has 0 bridgehead atoms. The number of morpholine rings is 1. The number of hydrogen-bond acceptors (Lipinski definition) is 7. The van der Waals surface area contributed by atoms with Gasteiger partial charge in [-0.3, -0.25) is 14.5 Å². The van der Waals surface area contributed by atoms with Gasteiger partial charge in [0.15, 0.2) is 22.9 Å². The smallest absolute Gasteiger partial charge is 0.290 e. The van der Waals surface area contributed by atoms with Crippen LogP contribution in [0.3, 0.4) is 0 Å². The number of methoxy groups -OCH3 is 1. The van der Waals surface area contributed by atoms with Crippen molar-refractivity contribution in [3.8, 4) is 5.75 Å². The van der Waals surface area contributed by atoms with Crippen molar-refractivity contribution in [2.24, 2.45) is 0 Å². The number of carbonyl (C=O) groups excluding carboxylic acids is 2. The first-order chi connectivity index (χ1) is 17.5. The zero-order valence-corrected chi connectivity index (χ0v) is 20.5. The topological polar surface area (TPSA) is 92.5 Å². The Morgan fingerprint density at radius 1 is 1.11 bits per heavy atom. The SMILES string of the molecule is COc1cccc2cc(C(=O)C3=C(O)C(=O)N(CCCN4CCOCC4)[C@H]3c3ccc(C)cc3)oc12. The third-order valence-electron chi connectivity index (χ3n) is 6.87. The molecular weight excluding hydrogens is 460 g/mol.